The number of ether oxygens (including phenoxy) is 1. The number of halogens is 1. The molecule has 0 unspecified atom stereocenters. The fourth-order valence-corrected chi connectivity index (χ4v) is 2.21. The normalized spacial score (nSPS) is 11.4. The maximum absolute atomic E-state index is 6.09. The van der Waals surface area contributed by atoms with Crippen molar-refractivity contribution >= 4 is 17.4 Å². The molecular formula is C14H24ClN3O. The highest BCUT2D eigenvalue weighted by molar-refractivity contribution is 6.18. The molecule has 1 rings (SSSR count). The zero-order valence-electron chi connectivity index (χ0n) is 12.1. The second kappa shape index (κ2) is 8.20. The minimum absolute atomic E-state index is 0.122. The molecule has 0 aliphatic heterocycles. The van der Waals surface area contributed by atoms with Crippen LogP contribution in [0.15, 0.2) is 12.4 Å². The Kier molecular flexibility index (Phi) is 6.92. The molecule has 1 aromatic rings. The van der Waals surface area contributed by atoms with Gasteiger partial charge < -0.3 is 10.1 Å². The van der Waals surface area contributed by atoms with E-state index in [-0.39, 0.29) is 5.41 Å². The summed E-state index contributed by atoms with van der Waals surface area (Å²) in [4.78, 5) is 8.29. The maximum atomic E-state index is 6.09. The van der Waals surface area contributed by atoms with Gasteiger partial charge in [-0.3, -0.25) is 0 Å². The van der Waals surface area contributed by atoms with E-state index >= 15 is 0 Å². The van der Waals surface area contributed by atoms with Gasteiger partial charge in [0.15, 0.2) is 0 Å². The lowest BCUT2D eigenvalue weighted by Gasteiger charge is -2.29. The van der Waals surface area contributed by atoms with E-state index in [9.17, 15) is 0 Å². The van der Waals surface area contributed by atoms with Crippen LogP contribution in [-0.4, -0.2) is 29.0 Å². The predicted molar refractivity (Wildman–Crippen MR) is 80.0 cm³/mol. The number of rotatable bonds is 9. The quantitative estimate of drug-likeness (QED) is 0.703. The van der Waals surface area contributed by atoms with Crippen molar-refractivity contribution in [3.05, 3.63) is 12.4 Å². The van der Waals surface area contributed by atoms with E-state index in [2.05, 4.69) is 36.1 Å². The van der Waals surface area contributed by atoms with Gasteiger partial charge in [-0.1, -0.05) is 20.8 Å². The summed E-state index contributed by atoms with van der Waals surface area (Å²) >= 11 is 6.09. The molecule has 0 saturated carbocycles. The third-order valence-corrected chi connectivity index (χ3v) is 4.09. The Morgan fingerprint density at radius 2 is 2.00 bits per heavy atom. The van der Waals surface area contributed by atoms with Crippen LogP contribution in [0, 0.1) is 5.41 Å². The molecule has 0 radical (unpaired) electrons. The first-order valence-electron chi connectivity index (χ1n) is 6.94. The summed E-state index contributed by atoms with van der Waals surface area (Å²) in [6.45, 7) is 7.89. The molecule has 1 N–H and O–H groups in total. The topological polar surface area (TPSA) is 47.0 Å². The van der Waals surface area contributed by atoms with Gasteiger partial charge in [0.05, 0.1) is 6.61 Å². The Balaban J connectivity index is 2.61. The fourth-order valence-electron chi connectivity index (χ4n) is 1.74. The highest BCUT2D eigenvalue weighted by Crippen LogP contribution is 2.28. The van der Waals surface area contributed by atoms with Crippen molar-refractivity contribution < 1.29 is 4.74 Å². The van der Waals surface area contributed by atoms with Gasteiger partial charge in [0, 0.05) is 23.9 Å². The van der Waals surface area contributed by atoms with Gasteiger partial charge in [-0.05, 0) is 19.3 Å². The molecule has 0 fully saturated rings. The Bertz CT molecular complexity index is 361. The lowest BCUT2D eigenvalue weighted by Crippen LogP contribution is -2.30. The largest absolute Gasteiger partial charge is 0.478 e. The summed E-state index contributed by atoms with van der Waals surface area (Å²) in [5.74, 6) is 2.05. The van der Waals surface area contributed by atoms with E-state index in [0.29, 0.717) is 18.4 Å². The number of nitrogens with one attached hydrogen (secondary N) is 1. The highest BCUT2D eigenvalue weighted by atomic mass is 35.5. The molecule has 4 nitrogen and oxygen atoms in total. The van der Waals surface area contributed by atoms with Crippen molar-refractivity contribution in [2.45, 2.75) is 40.0 Å². The van der Waals surface area contributed by atoms with Crippen LogP contribution in [0.2, 0.25) is 0 Å². The van der Waals surface area contributed by atoms with Gasteiger partial charge in [0.25, 0.3) is 0 Å². The Morgan fingerprint density at radius 1 is 1.26 bits per heavy atom. The number of anilines is 1. The molecule has 1 aromatic heterocycles. The van der Waals surface area contributed by atoms with Crippen molar-refractivity contribution in [3.8, 4) is 5.88 Å². The molecule has 0 bridgehead atoms. The molecule has 0 atom stereocenters. The minimum atomic E-state index is 0.122. The Hall–Kier alpha value is -1.03. The predicted octanol–water partition coefficient (Wildman–Crippen LogP) is 3.72. The number of nitrogens with zero attached hydrogens (tertiary/aromatic N) is 2. The maximum Gasteiger partial charge on any atom is 0.218 e. The molecular weight excluding hydrogens is 262 g/mol. The van der Waals surface area contributed by atoms with Crippen LogP contribution >= 0.6 is 11.6 Å². The van der Waals surface area contributed by atoms with Crippen LogP contribution in [0.5, 0.6) is 5.88 Å². The zero-order chi connectivity index (χ0) is 14.1. The second-order valence-corrected chi connectivity index (χ2v) is 5.05. The van der Waals surface area contributed by atoms with E-state index in [1.54, 1.807) is 0 Å². The lowest BCUT2D eigenvalue weighted by molar-refractivity contribution is 0.304. The molecule has 0 spiro atoms. The Morgan fingerprint density at radius 3 is 2.58 bits per heavy atom. The second-order valence-electron chi connectivity index (χ2n) is 4.78. The number of alkyl halides is 1. The van der Waals surface area contributed by atoms with Gasteiger partial charge >= 0.3 is 0 Å². The molecule has 5 heteroatoms. The summed E-state index contributed by atoms with van der Waals surface area (Å²) in [5.41, 5.74) is 0.122. The van der Waals surface area contributed by atoms with Crippen LogP contribution in [0.4, 0.5) is 5.82 Å². The summed E-state index contributed by atoms with van der Waals surface area (Å²) in [6, 6.07) is 1.83. The van der Waals surface area contributed by atoms with Crippen molar-refractivity contribution in [2.75, 3.05) is 24.3 Å². The summed E-state index contributed by atoms with van der Waals surface area (Å²) in [7, 11) is 0. The summed E-state index contributed by atoms with van der Waals surface area (Å²) in [5, 5.41) is 3.34. The number of hydrogen-bond acceptors (Lipinski definition) is 4. The van der Waals surface area contributed by atoms with E-state index in [1.807, 2.05) is 6.07 Å². The third kappa shape index (κ3) is 4.86. The van der Waals surface area contributed by atoms with Crippen LogP contribution in [0.25, 0.3) is 0 Å². The number of hydrogen-bond donors (Lipinski definition) is 1. The van der Waals surface area contributed by atoms with Crippen molar-refractivity contribution in [1.82, 2.24) is 9.97 Å². The summed E-state index contributed by atoms with van der Waals surface area (Å²) in [6.07, 6.45) is 4.58. The first kappa shape index (κ1) is 16.0. The van der Waals surface area contributed by atoms with Crippen LogP contribution in [0.3, 0.4) is 0 Å². The van der Waals surface area contributed by atoms with Crippen LogP contribution < -0.4 is 10.1 Å². The fraction of sp³-hybridized carbons (Fsp3) is 0.714. The van der Waals surface area contributed by atoms with Gasteiger partial charge in [-0.15, -0.1) is 11.6 Å². The first-order valence-corrected chi connectivity index (χ1v) is 7.47. The average molecular weight is 286 g/mol. The highest BCUT2D eigenvalue weighted by Gasteiger charge is 2.24. The summed E-state index contributed by atoms with van der Waals surface area (Å²) < 4.78 is 5.49. The van der Waals surface area contributed by atoms with Gasteiger partial charge in [-0.25, -0.2) is 9.97 Å². The van der Waals surface area contributed by atoms with Crippen LogP contribution in [0.1, 0.15) is 40.0 Å². The number of aromatic nitrogens is 2. The van der Waals surface area contributed by atoms with Crippen molar-refractivity contribution in [2.24, 2.45) is 5.41 Å². The Labute approximate surface area is 120 Å². The SMILES string of the molecule is CCCOc1cc(NCC(CC)(CC)CCl)ncn1. The molecule has 0 saturated heterocycles. The minimum Gasteiger partial charge on any atom is -0.478 e. The molecule has 0 aliphatic rings. The smallest absolute Gasteiger partial charge is 0.218 e. The van der Waals surface area contributed by atoms with E-state index in [1.165, 1.54) is 6.33 Å². The molecule has 0 aliphatic carbocycles. The molecule has 0 aromatic carbocycles. The van der Waals surface area contributed by atoms with E-state index in [0.717, 1.165) is 31.6 Å². The lowest BCUT2D eigenvalue weighted by atomic mass is 9.84. The first-order chi connectivity index (χ1) is 9.19. The standard InChI is InChI=1S/C14H24ClN3O/c1-4-7-19-13-8-12(17-11-18-13)16-10-14(5-2,6-3)9-15/h8,11H,4-7,9-10H2,1-3H3,(H,16,17,18). The average Bonchev–Trinajstić information content (AvgIpc) is 2.47. The molecule has 108 valence electrons. The van der Waals surface area contributed by atoms with Crippen LogP contribution in [-0.2, 0) is 0 Å². The monoisotopic (exact) mass is 285 g/mol. The zero-order valence-corrected chi connectivity index (χ0v) is 12.8. The van der Waals surface area contributed by atoms with E-state index < -0.39 is 0 Å². The van der Waals surface area contributed by atoms with E-state index in [4.69, 9.17) is 16.3 Å². The van der Waals surface area contributed by atoms with Gasteiger partial charge in [0.1, 0.15) is 12.1 Å². The molecule has 19 heavy (non-hydrogen) atoms. The third-order valence-electron chi connectivity index (χ3n) is 3.52. The van der Waals surface area contributed by atoms with Crippen molar-refractivity contribution in [3.63, 3.8) is 0 Å². The van der Waals surface area contributed by atoms with Gasteiger partial charge in [-0.2, -0.15) is 0 Å². The van der Waals surface area contributed by atoms with Gasteiger partial charge in [0.2, 0.25) is 5.88 Å². The van der Waals surface area contributed by atoms with Crippen molar-refractivity contribution in [1.29, 1.82) is 0 Å². The molecule has 0 amide bonds. The molecule has 1 heterocycles.